The second kappa shape index (κ2) is 8.24. The van der Waals surface area contributed by atoms with Crippen LogP contribution in [0.5, 0.6) is 11.5 Å². The summed E-state index contributed by atoms with van der Waals surface area (Å²) in [6, 6.07) is 17.1. The number of nitrogens with zero attached hydrogens (tertiary/aromatic N) is 3. The largest absolute Gasteiger partial charge is 0.497 e. The first-order chi connectivity index (χ1) is 14.6. The number of rotatable bonds is 6. The lowest BCUT2D eigenvalue weighted by Gasteiger charge is -2.10. The van der Waals surface area contributed by atoms with Crippen molar-refractivity contribution in [2.24, 2.45) is 0 Å². The third-order valence-electron chi connectivity index (χ3n) is 4.88. The number of para-hydroxylation sites is 2. The van der Waals surface area contributed by atoms with Gasteiger partial charge in [-0.25, -0.2) is 9.67 Å². The van der Waals surface area contributed by atoms with Gasteiger partial charge < -0.3 is 14.8 Å². The Bertz CT molecular complexity index is 1200. The number of pyridine rings is 1. The van der Waals surface area contributed by atoms with Gasteiger partial charge in [-0.05, 0) is 48.4 Å². The van der Waals surface area contributed by atoms with Gasteiger partial charge in [0.15, 0.2) is 5.65 Å². The van der Waals surface area contributed by atoms with E-state index in [9.17, 15) is 4.79 Å². The normalized spacial score (nSPS) is 10.8. The summed E-state index contributed by atoms with van der Waals surface area (Å²) in [7, 11) is 3.21. The molecule has 0 aliphatic heterocycles. The Morgan fingerprint density at radius 3 is 2.53 bits per heavy atom. The molecule has 2 aromatic carbocycles. The average Bonchev–Trinajstić information content (AvgIpc) is 3.09. The fraction of sp³-hybridized carbons (Fsp3) is 0.174. The molecule has 0 aliphatic rings. The van der Waals surface area contributed by atoms with Crippen molar-refractivity contribution in [1.29, 1.82) is 0 Å². The van der Waals surface area contributed by atoms with Crippen LogP contribution in [-0.4, -0.2) is 34.9 Å². The van der Waals surface area contributed by atoms with Crippen molar-refractivity contribution < 1.29 is 14.3 Å². The van der Waals surface area contributed by atoms with Gasteiger partial charge in [-0.15, -0.1) is 0 Å². The summed E-state index contributed by atoms with van der Waals surface area (Å²) in [6.45, 7) is 1.97. The van der Waals surface area contributed by atoms with Gasteiger partial charge in [-0.1, -0.05) is 24.3 Å². The first-order valence-electron chi connectivity index (χ1n) is 9.50. The number of carbonyl (C=O) groups excluding carboxylic acids is 1. The Morgan fingerprint density at radius 2 is 1.80 bits per heavy atom. The number of fused-ring (bicyclic) bond motifs is 1. The number of hydrogen-bond acceptors (Lipinski definition) is 5. The highest BCUT2D eigenvalue weighted by atomic mass is 16.5. The van der Waals surface area contributed by atoms with Crippen LogP contribution in [0, 0.1) is 6.92 Å². The van der Waals surface area contributed by atoms with Crippen LogP contribution >= 0.6 is 0 Å². The highest BCUT2D eigenvalue weighted by molar-refractivity contribution is 5.96. The van der Waals surface area contributed by atoms with Crippen LogP contribution in [0.3, 0.4) is 0 Å². The second-order valence-electron chi connectivity index (χ2n) is 6.78. The molecule has 4 aromatic rings. The molecule has 0 bridgehead atoms. The van der Waals surface area contributed by atoms with Crippen LogP contribution < -0.4 is 14.8 Å². The zero-order valence-corrected chi connectivity index (χ0v) is 17.0. The summed E-state index contributed by atoms with van der Waals surface area (Å²) >= 11 is 0. The molecule has 0 atom stereocenters. The lowest BCUT2D eigenvalue weighted by atomic mass is 10.0. The second-order valence-corrected chi connectivity index (χ2v) is 6.78. The summed E-state index contributed by atoms with van der Waals surface area (Å²) in [5.41, 5.74) is 4.14. The zero-order valence-electron chi connectivity index (χ0n) is 17.0. The minimum absolute atomic E-state index is 0.0431. The quantitative estimate of drug-likeness (QED) is 0.526. The van der Waals surface area contributed by atoms with Crippen molar-refractivity contribution in [2.75, 3.05) is 19.5 Å². The Hall–Kier alpha value is -3.87. The van der Waals surface area contributed by atoms with Crippen molar-refractivity contribution >= 4 is 22.6 Å². The molecule has 0 radical (unpaired) electrons. The Balaban J connectivity index is 1.65. The lowest BCUT2D eigenvalue weighted by molar-refractivity contribution is -0.116. The predicted octanol–water partition coefficient (Wildman–Crippen LogP) is 4.06. The number of aromatic nitrogens is 3. The first kappa shape index (κ1) is 19.4. The fourth-order valence-corrected chi connectivity index (χ4v) is 3.48. The molecule has 1 amide bonds. The number of nitrogens with one attached hydrogen (secondary N) is 1. The van der Waals surface area contributed by atoms with Gasteiger partial charge in [0.1, 0.15) is 18.0 Å². The van der Waals surface area contributed by atoms with Gasteiger partial charge in [-0.3, -0.25) is 4.79 Å². The van der Waals surface area contributed by atoms with E-state index in [0.717, 1.165) is 28.0 Å². The number of anilines is 1. The van der Waals surface area contributed by atoms with E-state index in [-0.39, 0.29) is 12.5 Å². The molecule has 7 heteroatoms. The van der Waals surface area contributed by atoms with Crippen LogP contribution in [0.2, 0.25) is 0 Å². The van der Waals surface area contributed by atoms with E-state index >= 15 is 0 Å². The molecule has 0 fully saturated rings. The van der Waals surface area contributed by atoms with E-state index in [1.54, 1.807) is 37.2 Å². The van der Waals surface area contributed by atoms with Crippen molar-refractivity contribution in [3.63, 3.8) is 0 Å². The molecule has 0 spiro atoms. The third kappa shape index (κ3) is 3.69. The molecule has 4 rings (SSSR count). The molecule has 0 unspecified atom stereocenters. The summed E-state index contributed by atoms with van der Waals surface area (Å²) in [5.74, 6) is 1.19. The highest BCUT2D eigenvalue weighted by Gasteiger charge is 2.16. The van der Waals surface area contributed by atoms with E-state index < -0.39 is 0 Å². The molecular formula is C23H22N4O3. The monoisotopic (exact) mass is 402 g/mol. The zero-order chi connectivity index (χ0) is 21.1. The van der Waals surface area contributed by atoms with Gasteiger partial charge in [0, 0.05) is 11.6 Å². The molecule has 7 nitrogen and oxygen atoms in total. The van der Waals surface area contributed by atoms with Crippen LogP contribution in [-0.2, 0) is 11.3 Å². The van der Waals surface area contributed by atoms with Crippen molar-refractivity contribution in [1.82, 2.24) is 14.8 Å². The fourth-order valence-electron chi connectivity index (χ4n) is 3.48. The van der Waals surface area contributed by atoms with E-state index in [1.165, 1.54) is 0 Å². The summed E-state index contributed by atoms with van der Waals surface area (Å²) in [6.07, 6.45) is 1.73. The van der Waals surface area contributed by atoms with E-state index in [0.29, 0.717) is 17.1 Å². The number of hydrogen-bond donors (Lipinski definition) is 1. The summed E-state index contributed by atoms with van der Waals surface area (Å²) in [5, 5.41) is 8.37. The number of methoxy groups -OCH3 is 2. The van der Waals surface area contributed by atoms with Gasteiger partial charge in [-0.2, -0.15) is 5.10 Å². The number of benzene rings is 2. The Labute approximate surface area is 174 Å². The van der Waals surface area contributed by atoms with Gasteiger partial charge in [0.25, 0.3) is 0 Å². The number of ether oxygens (including phenoxy) is 2. The summed E-state index contributed by atoms with van der Waals surface area (Å²) in [4.78, 5) is 17.1. The molecule has 152 valence electrons. The van der Waals surface area contributed by atoms with Crippen molar-refractivity contribution in [3.05, 3.63) is 66.5 Å². The number of amides is 1. The minimum Gasteiger partial charge on any atom is -0.497 e. The topological polar surface area (TPSA) is 78.3 Å². The first-order valence-corrected chi connectivity index (χ1v) is 9.50. The van der Waals surface area contributed by atoms with Crippen LogP contribution in [0.15, 0.2) is 60.8 Å². The van der Waals surface area contributed by atoms with E-state index in [2.05, 4.69) is 15.4 Å². The molecule has 1 N–H and O–H groups in total. The maximum absolute atomic E-state index is 12.7. The standard InChI is InChI=1S/C23H22N4O3/c1-15-22-18(16-8-10-17(29-2)11-9-16)12-13-24-23(22)27(26-15)14-21(28)25-19-6-4-5-7-20(19)30-3/h4-13H,14H2,1-3H3,(H,25,28). The maximum atomic E-state index is 12.7. The summed E-state index contributed by atoms with van der Waals surface area (Å²) < 4.78 is 12.2. The number of carbonyl (C=O) groups is 1. The molecule has 0 aliphatic carbocycles. The average molecular weight is 402 g/mol. The van der Waals surface area contributed by atoms with Gasteiger partial charge in [0.05, 0.1) is 25.6 Å². The maximum Gasteiger partial charge on any atom is 0.246 e. The Kier molecular flexibility index (Phi) is 5.34. The molecule has 2 heterocycles. The number of aryl methyl sites for hydroxylation is 1. The Morgan fingerprint density at radius 1 is 1.03 bits per heavy atom. The lowest BCUT2D eigenvalue weighted by Crippen LogP contribution is -2.20. The van der Waals surface area contributed by atoms with Crippen molar-refractivity contribution in [2.45, 2.75) is 13.5 Å². The van der Waals surface area contributed by atoms with E-state index in [1.807, 2.05) is 49.4 Å². The SMILES string of the molecule is COc1ccc(-c2ccnc3c2c(C)nn3CC(=O)Nc2ccccc2OC)cc1. The third-order valence-corrected chi connectivity index (χ3v) is 4.88. The smallest absolute Gasteiger partial charge is 0.246 e. The van der Waals surface area contributed by atoms with Crippen molar-refractivity contribution in [3.8, 4) is 22.6 Å². The molecule has 30 heavy (non-hydrogen) atoms. The molecule has 0 saturated heterocycles. The minimum atomic E-state index is -0.208. The molecule has 0 saturated carbocycles. The van der Waals surface area contributed by atoms with Gasteiger partial charge in [0.2, 0.25) is 5.91 Å². The van der Waals surface area contributed by atoms with Crippen LogP contribution in [0.4, 0.5) is 5.69 Å². The highest BCUT2D eigenvalue weighted by Crippen LogP contribution is 2.31. The van der Waals surface area contributed by atoms with Crippen LogP contribution in [0.25, 0.3) is 22.2 Å². The van der Waals surface area contributed by atoms with Gasteiger partial charge >= 0.3 is 0 Å². The molecular weight excluding hydrogens is 380 g/mol. The molecule has 2 aromatic heterocycles. The van der Waals surface area contributed by atoms with E-state index in [4.69, 9.17) is 9.47 Å². The predicted molar refractivity (Wildman–Crippen MR) is 116 cm³/mol. The van der Waals surface area contributed by atoms with Crippen LogP contribution in [0.1, 0.15) is 5.69 Å².